The van der Waals surface area contributed by atoms with E-state index in [1.54, 1.807) is 35.4 Å². The van der Waals surface area contributed by atoms with Crippen LogP contribution < -0.4 is 5.32 Å². The van der Waals surface area contributed by atoms with Crippen LogP contribution in [0.4, 0.5) is 0 Å². The van der Waals surface area contributed by atoms with Gasteiger partial charge in [0.25, 0.3) is 5.91 Å². The highest BCUT2D eigenvalue weighted by Gasteiger charge is 2.15. The number of rotatable bonds is 3. The molecule has 0 aromatic carbocycles. The zero-order valence-electron chi connectivity index (χ0n) is 12.7. The molecule has 116 valence electrons. The van der Waals surface area contributed by atoms with Crippen molar-refractivity contribution in [1.29, 1.82) is 0 Å². The van der Waals surface area contributed by atoms with E-state index < -0.39 is 0 Å². The summed E-state index contributed by atoms with van der Waals surface area (Å²) in [6.07, 6.45) is 15.4. The molecule has 1 aliphatic rings. The Morgan fingerprint density at radius 2 is 1.91 bits per heavy atom. The summed E-state index contributed by atoms with van der Waals surface area (Å²) in [5.74, 6) is 0.706. The van der Waals surface area contributed by atoms with Crippen LogP contribution in [0.3, 0.4) is 0 Å². The summed E-state index contributed by atoms with van der Waals surface area (Å²) >= 11 is 0. The van der Waals surface area contributed by atoms with E-state index in [9.17, 15) is 4.79 Å². The van der Waals surface area contributed by atoms with Gasteiger partial charge in [0.15, 0.2) is 0 Å². The molecular weight excluding hydrogens is 276 g/mol. The number of nitrogens with zero attached hydrogens (tertiary/aromatic N) is 3. The number of aromatic nitrogens is 3. The third-order valence-corrected chi connectivity index (χ3v) is 4.22. The van der Waals surface area contributed by atoms with Gasteiger partial charge in [0, 0.05) is 30.2 Å². The third-order valence-electron chi connectivity index (χ3n) is 4.22. The molecule has 5 heteroatoms. The Hall–Kier alpha value is -2.17. The van der Waals surface area contributed by atoms with Crippen molar-refractivity contribution in [3.8, 4) is 5.82 Å². The molecular formula is C17H22N4O. The molecule has 5 nitrogen and oxygen atoms in total. The lowest BCUT2D eigenvalue weighted by atomic mass is 9.96. The average Bonchev–Trinajstić information content (AvgIpc) is 3.04. The highest BCUT2D eigenvalue weighted by Crippen LogP contribution is 2.17. The van der Waals surface area contributed by atoms with Gasteiger partial charge in [-0.2, -0.15) is 0 Å². The topological polar surface area (TPSA) is 59.8 Å². The van der Waals surface area contributed by atoms with Gasteiger partial charge in [-0.1, -0.05) is 32.1 Å². The molecule has 22 heavy (non-hydrogen) atoms. The van der Waals surface area contributed by atoms with E-state index in [1.807, 2.05) is 6.20 Å². The molecule has 0 radical (unpaired) electrons. The summed E-state index contributed by atoms with van der Waals surface area (Å²) in [4.78, 5) is 20.8. The van der Waals surface area contributed by atoms with Crippen molar-refractivity contribution in [3.63, 3.8) is 0 Å². The summed E-state index contributed by atoms with van der Waals surface area (Å²) in [6, 6.07) is 3.87. The van der Waals surface area contributed by atoms with E-state index in [0.29, 0.717) is 17.4 Å². The molecule has 2 aromatic heterocycles. The molecule has 0 unspecified atom stereocenters. The fraction of sp³-hybridized carbons (Fsp3) is 0.471. The predicted octanol–water partition coefficient (Wildman–Crippen LogP) is 3.11. The molecule has 0 spiro atoms. The number of nitrogens with one attached hydrogen (secondary N) is 1. The van der Waals surface area contributed by atoms with Crippen LogP contribution in [-0.4, -0.2) is 26.5 Å². The fourth-order valence-corrected chi connectivity index (χ4v) is 2.96. The summed E-state index contributed by atoms with van der Waals surface area (Å²) < 4.78 is 1.80. The first kappa shape index (κ1) is 14.8. The van der Waals surface area contributed by atoms with E-state index in [2.05, 4.69) is 15.3 Å². The second-order valence-electron chi connectivity index (χ2n) is 5.89. The minimum atomic E-state index is -0.00524. The van der Waals surface area contributed by atoms with Crippen LogP contribution in [0, 0.1) is 0 Å². The van der Waals surface area contributed by atoms with Crippen molar-refractivity contribution in [3.05, 3.63) is 42.6 Å². The van der Waals surface area contributed by atoms with E-state index in [1.165, 1.54) is 32.1 Å². The molecule has 0 saturated heterocycles. The van der Waals surface area contributed by atoms with Crippen LogP contribution in [-0.2, 0) is 0 Å². The lowest BCUT2D eigenvalue weighted by Crippen LogP contribution is -2.35. The van der Waals surface area contributed by atoms with E-state index in [-0.39, 0.29) is 5.91 Å². The Balaban J connectivity index is 1.68. The highest BCUT2D eigenvalue weighted by molar-refractivity contribution is 5.94. The van der Waals surface area contributed by atoms with Crippen molar-refractivity contribution in [1.82, 2.24) is 19.9 Å². The number of hydrogen-bond donors (Lipinski definition) is 1. The number of amides is 1. The Morgan fingerprint density at radius 3 is 2.64 bits per heavy atom. The largest absolute Gasteiger partial charge is 0.349 e. The van der Waals surface area contributed by atoms with Gasteiger partial charge in [-0.05, 0) is 25.0 Å². The first-order chi connectivity index (χ1) is 10.8. The third kappa shape index (κ3) is 3.72. The lowest BCUT2D eigenvalue weighted by Gasteiger charge is -2.21. The van der Waals surface area contributed by atoms with Crippen LogP contribution in [0.2, 0.25) is 0 Å². The highest BCUT2D eigenvalue weighted by atomic mass is 16.1. The number of pyridine rings is 1. The molecule has 1 fully saturated rings. The lowest BCUT2D eigenvalue weighted by molar-refractivity contribution is 0.0930. The number of imidazole rings is 1. The first-order valence-corrected chi connectivity index (χ1v) is 8.08. The maximum atomic E-state index is 12.5. The summed E-state index contributed by atoms with van der Waals surface area (Å²) in [7, 11) is 0. The molecule has 2 aromatic rings. The second kappa shape index (κ2) is 7.20. The Kier molecular flexibility index (Phi) is 4.83. The molecule has 0 atom stereocenters. The van der Waals surface area contributed by atoms with Gasteiger partial charge in [-0.3, -0.25) is 9.36 Å². The SMILES string of the molecule is O=C(NC1CCCCCCC1)c1ccnc(-n2ccnc2)c1. The minimum Gasteiger partial charge on any atom is -0.349 e. The molecule has 1 N–H and O–H groups in total. The van der Waals surface area contributed by atoms with E-state index in [0.717, 1.165) is 12.8 Å². The van der Waals surface area contributed by atoms with Crippen molar-refractivity contribution in [2.24, 2.45) is 0 Å². The molecule has 0 aliphatic heterocycles. The van der Waals surface area contributed by atoms with Gasteiger partial charge in [0.05, 0.1) is 0 Å². The van der Waals surface area contributed by atoms with Crippen LogP contribution in [0.1, 0.15) is 55.3 Å². The van der Waals surface area contributed by atoms with Crippen molar-refractivity contribution < 1.29 is 4.79 Å². The zero-order valence-corrected chi connectivity index (χ0v) is 12.7. The van der Waals surface area contributed by atoms with Gasteiger partial charge >= 0.3 is 0 Å². The standard InChI is InChI=1S/C17H22N4O/c22-17(20-15-6-4-2-1-3-5-7-15)14-8-9-19-16(12-14)21-11-10-18-13-21/h8-13,15H,1-7H2,(H,20,22). The number of carbonyl (C=O) groups excluding carboxylic acids is 1. The molecule has 1 amide bonds. The number of carbonyl (C=O) groups is 1. The minimum absolute atomic E-state index is 0.00524. The average molecular weight is 298 g/mol. The van der Waals surface area contributed by atoms with Gasteiger partial charge in [-0.25, -0.2) is 9.97 Å². The van der Waals surface area contributed by atoms with Crippen LogP contribution in [0.15, 0.2) is 37.1 Å². The monoisotopic (exact) mass is 298 g/mol. The van der Waals surface area contributed by atoms with Gasteiger partial charge < -0.3 is 5.32 Å². The summed E-state index contributed by atoms with van der Waals surface area (Å²) in [6.45, 7) is 0. The predicted molar refractivity (Wildman–Crippen MR) is 84.9 cm³/mol. The van der Waals surface area contributed by atoms with Crippen molar-refractivity contribution >= 4 is 5.91 Å². The molecule has 0 bridgehead atoms. The Bertz CT molecular complexity index is 601. The maximum Gasteiger partial charge on any atom is 0.251 e. The normalized spacial score (nSPS) is 16.7. The summed E-state index contributed by atoms with van der Waals surface area (Å²) in [5, 5.41) is 3.18. The smallest absolute Gasteiger partial charge is 0.251 e. The van der Waals surface area contributed by atoms with Crippen LogP contribution >= 0.6 is 0 Å². The van der Waals surface area contributed by atoms with E-state index >= 15 is 0 Å². The van der Waals surface area contributed by atoms with Crippen molar-refractivity contribution in [2.75, 3.05) is 0 Å². The van der Waals surface area contributed by atoms with Gasteiger partial charge in [0.1, 0.15) is 12.1 Å². The van der Waals surface area contributed by atoms with Crippen molar-refractivity contribution in [2.45, 2.75) is 51.0 Å². The number of hydrogen-bond acceptors (Lipinski definition) is 3. The quantitative estimate of drug-likeness (QED) is 0.947. The van der Waals surface area contributed by atoms with Gasteiger partial charge in [-0.15, -0.1) is 0 Å². The molecule has 1 aliphatic carbocycles. The van der Waals surface area contributed by atoms with Crippen LogP contribution in [0.5, 0.6) is 0 Å². The van der Waals surface area contributed by atoms with Gasteiger partial charge in [0.2, 0.25) is 0 Å². The van der Waals surface area contributed by atoms with E-state index in [4.69, 9.17) is 0 Å². The maximum absolute atomic E-state index is 12.5. The Labute approximate surface area is 130 Å². The Morgan fingerprint density at radius 1 is 1.14 bits per heavy atom. The summed E-state index contributed by atoms with van der Waals surface area (Å²) in [5.41, 5.74) is 0.653. The molecule has 1 saturated carbocycles. The second-order valence-corrected chi connectivity index (χ2v) is 5.89. The van der Waals surface area contributed by atoms with Crippen LogP contribution in [0.25, 0.3) is 5.82 Å². The molecule has 3 rings (SSSR count). The molecule has 2 heterocycles. The fourth-order valence-electron chi connectivity index (χ4n) is 2.96. The first-order valence-electron chi connectivity index (χ1n) is 8.08. The zero-order chi connectivity index (χ0) is 15.2.